The van der Waals surface area contributed by atoms with Crippen molar-refractivity contribution in [3.8, 4) is 5.82 Å². The van der Waals surface area contributed by atoms with Gasteiger partial charge in [0.05, 0.1) is 28.1 Å². The molecule has 2 aliphatic heterocycles. The molecule has 6 aromatic carbocycles. The van der Waals surface area contributed by atoms with Crippen LogP contribution in [0.4, 0.5) is 11.5 Å². The quantitative estimate of drug-likeness (QED) is 0.191. The van der Waals surface area contributed by atoms with Gasteiger partial charge in [-0.05, 0) is 42.0 Å². The molecule has 3 aromatic heterocycles. The van der Waals surface area contributed by atoms with Crippen LogP contribution in [0.3, 0.4) is 0 Å². The molecule has 57 heavy (non-hydrogen) atoms. The standard InChI is InChI=1S/C50H34N6O/c1-3-15-31(16-4-1)47-52-48(32-17-5-2-6-18-32)54-49(53-47)38-28-30-44(55-39-23-11-7-19-33(39)34-20-8-12-24-40(34)55)51-50(38)56-41-25-13-9-21-35(41)36-27-29-43-45(46(36)56)37-22-10-14-26-42(37)57-43/h1-30,35,41,49H,(H,52,53,54). The van der Waals surface area contributed by atoms with Crippen molar-refractivity contribution in [3.63, 3.8) is 0 Å². The van der Waals surface area contributed by atoms with Crippen molar-refractivity contribution in [2.75, 3.05) is 4.90 Å². The Morgan fingerprint density at radius 3 is 1.82 bits per heavy atom. The fourth-order valence-corrected chi connectivity index (χ4v) is 9.08. The van der Waals surface area contributed by atoms with Crippen molar-refractivity contribution in [1.29, 1.82) is 0 Å². The number of aromatic nitrogens is 2. The van der Waals surface area contributed by atoms with Gasteiger partial charge in [-0.3, -0.25) is 4.57 Å². The first kappa shape index (κ1) is 31.8. The molecule has 7 nitrogen and oxygen atoms in total. The zero-order chi connectivity index (χ0) is 37.5. The largest absolute Gasteiger partial charge is 0.456 e. The third kappa shape index (κ3) is 4.88. The SMILES string of the molecule is C1=CC2c3ccc4oc5ccccc5c4c3N(c3nc(-n4c5ccccc5c5ccccc54)ccc3C3N=C(c4ccccc4)NC(c4ccccc4)=N3)C2C=C1. The number of rotatable bonds is 5. The van der Waals surface area contributed by atoms with Gasteiger partial charge < -0.3 is 14.6 Å². The number of furan rings is 1. The Balaban J connectivity index is 1.16. The van der Waals surface area contributed by atoms with E-state index in [-0.39, 0.29) is 12.0 Å². The predicted molar refractivity (Wildman–Crippen MR) is 231 cm³/mol. The summed E-state index contributed by atoms with van der Waals surface area (Å²) in [4.78, 5) is 19.0. The average Bonchev–Trinajstić information content (AvgIpc) is 3.94. The maximum Gasteiger partial charge on any atom is 0.173 e. The molecule has 0 saturated carbocycles. The minimum atomic E-state index is -0.600. The lowest BCUT2D eigenvalue weighted by molar-refractivity contribution is 0.669. The van der Waals surface area contributed by atoms with Crippen LogP contribution in [0.5, 0.6) is 0 Å². The Morgan fingerprint density at radius 2 is 1.12 bits per heavy atom. The maximum absolute atomic E-state index is 6.53. The van der Waals surface area contributed by atoms with Crippen LogP contribution >= 0.6 is 0 Å². The summed E-state index contributed by atoms with van der Waals surface area (Å²) in [5.41, 5.74) is 9.13. The van der Waals surface area contributed by atoms with Crippen LogP contribution in [0, 0.1) is 0 Å². The number of para-hydroxylation sites is 3. The second-order valence-corrected chi connectivity index (χ2v) is 14.8. The van der Waals surface area contributed by atoms with Crippen LogP contribution in [0.1, 0.15) is 34.3 Å². The van der Waals surface area contributed by atoms with Gasteiger partial charge in [-0.2, -0.15) is 0 Å². The Labute approximate surface area is 328 Å². The molecule has 0 spiro atoms. The number of hydrogen-bond acceptors (Lipinski definition) is 6. The van der Waals surface area contributed by atoms with E-state index in [2.05, 4.69) is 154 Å². The van der Waals surface area contributed by atoms with Crippen molar-refractivity contribution >= 4 is 66.9 Å². The van der Waals surface area contributed by atoms with Crippen molar-refractivity contribution in [2.24, 2.45) is 9.98 Å². The second kappa shape index (κ2) is 12.5. The first-order valence-corrected chi connectivity index (χ1v) is 19.4. The van der Waals surface area contributed by atoms with Gasteiger partial charge >= 0.3 is 0 Å². The predicted octanol–water partition coefficient (Wildman–Crippen LogP) is 11.3. The van der Waals surface area contributed by atoms with E-state index in [9.17, 15) is 0 Å². The van der Waals surface area contributed by atoms with E-state index in [1.807, 2.05) is 42.5 Å². The molecule has 0 saturated heterocycles. The molecule has 3 aliphatic rings. The number of amidine groups is 2. The Morgan fingerprint density at radius 1 is 0.526 bits per heavy atom. The maximum atomic E-state index is 6.53. The molecule has 270 valence electrons. The fraction of sp³-hybridized carbons (Fsp3) is 0.0600. The lowest BCUT2D eigenvalue weighted by Crippen LogP contribution is -2.36. The summed E-state index contributed by atoms with van der Waals surface area (Å²) in [6.07, 6.45) is 8.34. The van der Waals surface area contributed by atoms with Crippen LogP contribution in [0.25, 0.3) is 49.6 Å². The molecule has 1 aliphatic carbocycles. The summed E-state index contributed by atoms with van der Waals surface area (Å²) >= 11 is 0. The number of aliphatic imine (C=N–C) groups is 2. The van der Waals surface area contributed by atoms with E-state index in [0.29, 0.717) is 0 Å². The smallest absolute Gasteiger partial charge is 0.173 e. The van der Waals surface area contributed by atoms with E-state index in [0.717, 1.165) is 78.7 Å². The van der Waals surface area contributed by atoms with Crippen LogP contribution in [-0.4, -0.2) is 27.3 Å². The third-order valence-electron chi connectivity index (χ3n) is 11.6. The Bertz CT molecular complexity index is 3080. The first-order valence-electron chi connectivity index (χ1n) is 19.4. The third-order valence-corrected chi connectivity index (χ3v) is 11.6. The zero-order valence-corrected chi connectivity index (χ0v) is 30.7. The molecule has 0 fully saturated rings. The van der Waals surface area contributed by atoms with Gasteiger partial charge in [0.25, 0.3) is 0 Å². The molecular formula is C50H34N6O. The summed E-state index contributed by atoms with van der Waals surface area (Å²) in [6, 6.07) is 54.7. The summed E-state index contributed by atoms with van der Waals surface area (Å²) in [6.45, 7) is 0. The van der Waals surface area contributed by atoms with Crippen LogP contribution in [-0.2, 0) is 0 Å². The molecule has 0 bridgehead atoms. The molecule has 0 radical (unpaired) electrons. The number of benzene rings is 6. The lowest BCUT2D eigenvalue weighted by Gasteiger charge is -2.31. The molecule has 2 atom stereocenters. The number of pyridine rings is 1. The Hall–Kier alpha value is -7.51. The second-order valence-electron chi connectivity index (χ2n) is 14.8. The molecule has 5 heterocycles. The normalized spacial score (nSPS) is 17.6. The number of fused-ring (bicyclic) bond motifs is 10. The summed E-state index contributed by atoms with van der Waals surface area (Å²) in [5, 5.41) is 8.12. The van der Waals surface area contributed by atoms with Gasteiger partial charge in [0, 0.05) is 38.8 Å². The van der Waals surface area contributed by atoms with Gasteiger partial charge in [0.2, 0.25) is 0 Å². The number of nitrogens with one attached hydrogen (secondary N) is 1. The Kier molecular flexibility index (Phi) is 6.98. The highest BCUT2D eigenvalue weighted by Crippen LogP contribution is 2.54. The molecule has 0 amide bonds. The number of allylic oxidation sites excluding steroid dienone is 2. The molecule has 1 N–H and O–H groups in total. The van der Waals surface area contributed by atoms with Gasteiger partial charge in [-0.1, -0.05) is 146 Å². The van der Waals surface area contributed by atoms with Crippen molar-refractivity contribution in [1.82, 2.24) is 14.9 Å². The van der Waals surface area contributed by atoms with Crippen molar-refractivity contribution in [2.45, 2.75) is 18.1 Å². The monoisotopic (exact) mass is 734 g/mol. The van der Waals surface area contributed by atoms with Gasteiger partial charge in [0.15, 0.2) is 6.17 Å². The number of anilines is 2. The first-order chi connectivity index (χ1) is 28.3. The topological polar surface area (TPSA) is 71.0 Å². The van der Waals surface area contributed by atoms with Crippen LogP contribution in [0.2, 0.25) is 0 Å². The zero-order valence-electron chi connectivity index (χ0n) is 30.7. The van der Waals surface area contributed by atoms with Gasteiger partial charge in [0.1, 0.15) is 34.5 Å². The van der Waals surface area contributed by atoms with Gasteiger partial charge in [-0.15, -0.1) is 0 Å². The van der Waals surface area contributed by atoms with E-state index in [4.69, 9.17) is 19.4 Å². The van der Waals surface area contributed by atoms with Crippen LogP contribution < -0.4 is 10.2 Å². The number of hydrogen-bond donors (Lipinski definition) is 1. The van der Waals surface area contributed by atoms with E-state index in [1.165, 1.54) is 16.3 Å². The summed E-state index contributed by atoms with van der Waals surface area (Å²) < 4.78 is 8.82. The minimum Gasteiger partial charge on any atom is -0.456 e. The van der Waals surface area contributed by atoms with E-state index in [1.54, 1.807) is 0 Å². The molecule has 9 aromatic rings. The number of nitrogens with zero attached hydrogens (tertiary/aromatic N) is 5. The fourth-order valence-electron chi connectivity index (χ4n) is 9.08. The van der Waals surface area contributed by atoms with Crippen molar-refractivity contribution < 1.29 is 4.42 Å². The van der Waals surface area contributed by atoms with E-state index >= 15 is 0 Å². The summed E-state index contributed by atoms with van der Waals surface area (Å²) in [7, 11) is 0. The highest BCUT2D eigenvalue weighted by molar-refractivity contribution is 6.17. The summed E-state index contributed by atoms with van der Waals surface area (Å²) in [5.74, 6) is 3.25. The highest BCUT2D eigenvalue weighted by Gasteiger charge is 2.42. The molecule has 7 heteroatoms. The molecule has 2 unspecified atom stereocenters. The molecular weight excluding hydrogens is 701 g/mol. The average molecular weight is 735 g/mol. The highest BCUT2D eigenvalue weighted by atomic mass is 16.3. The lowest BCUT2D eigenvalue weighted by atomic mass is 9.91. The minimum absolute atomic E-state index is 0.0409. The van der Waals surface area contributed by atoms with Crippen LogP contribution in [0.15, 0.2) is 196 Å². The van der Waals surface area contributed by atoms with Gasteiger partial charge in [-0.25, -0.2) is 15.0 Å². The van der Waals surface area contributed by atoms with Crippen molar-refractivity contribution in [3.05, 3.63) is 204 Å². The van der Waals surface area contributed by atoms with E-state index < -0.39 is 6.17 Å². The molecule has 12 rings (SSSR count).